The Labute approximate surface area is 183 Å². The Morgan fingerprint density at radius 2 is 1.61 bits per heavy atom. The fraction of sp³-hybridized carbons (Fsp3) is 0.296. The second-order valence-electron chi connectivity index (χ2n) is 8.53. The highest BCUT2D eigenvalue weighted by Crippen LogP contribution is 2.51. The number of carbonyl (C=O) groups is 1. The smallest absolute Gasteiger partial charge is 0.268 e. The Bertz CT molecular complexity index is 1080. The lowest BCUT2D eigenvalue weighted by Crippen LogP contribution is -2.48. The molecule has 1 saturated heterocycles. The number of aryl methyl sites for hydroxylation is 1. The van der Waals surface area contributed by atoms with Gasteiger partial charge >= 0.3 is 0 Å². The summed E-state index contributed by atoms with van der Waals surface area (Å²) in [5, 5.41) is 14.2. The summed E-state index contributed by atoms with van der Waals surface area (Å²) in [6, 6.07) is 26.6. The Morgan fingerprint density at radius 1 is 0.935 bits per heavy atom. The van der Waals surface area contributed by atoms with E-state index in [-0.39, 0.29) is 30.5 Å². The van der Waals surface area contributed by atoms with Crippen LogP contribution < -0.4 is 0 Å². The van der Waals surface area contributed by atoms with E-state index in [0.29, 0.717) is 12.0 Å². The van der Waals surface area contributed by atoms with Crippen LogP contribution in [0.2, 0.25) is 0 Å². The zero-order valence-electron chi connectivity index (χ0n) is 17.8. The van der Waals surface area contributed by atoms with Gasteiger partial charge in [0.15, 0.2) is 0 Å². The first-order valence-electron chi connectivity index (χ1n) is 11.1. The van der Waals surface area contributed by atoms with Crippen LogP contribution in [0.1, 0.15) is 51.0 Å². The maximum Gasteiger partial charge on any atom is 0.268 e. The van der Waals surface area contributed by atoms with Crippen LogP contribution in [-0.4, -0.2) is 40.2 Å². The van der Waals surface area contributed by atoms with Crippen LogP contribution in [0.4, 0.5) is 0 Å². The highest BCUT2D eigenvalue weighted by Gasteiger charge is 2.52. The molecule has 5 rings (SSSR count). The van der Waals surface area contributed by atoms with Crippen LogP contribution in [-0.2, 0) is 6.42 Å². The molecule has 4 nitrogen and oxygen atoms in total. The van der Waals surface area contributed by atoms with Gasteiger partial charge in [-0.15, -0.1) is 0 Å². The van der Waals surface area contributed by atoms with Crippen molar-refractivity contribution in [2.75, 3.05) is 13.2 Å². The number of hydrogen-bond donors (Lipinski definition) is 1. The fourth-order valence-electron chi connectivity index (χ4n) is 5.51. The number of aliphatic hydroxyl groups excluding tert-OH is 1. The summed E-state index contributed by atoms with van der Waals surface area (Å²) in [5.41, 5.74) is 5.84. The molecule has 1 fully saturated rings. The summed E-state index contributed by atoms with van der Waals surface area (Å²) in [6.07, 6.45) is 1.46. The van der Waals surface area contributed by atoms with Crippen LogP contribution in [0.3, 0.4) is 0 Å². The van der Waals surface area contributed by atoms with Gasteiger partial charge < -0.3 is 5.11 Å². The number of aliphatic hydroxyl groups is 1. The summed E-state index contributed by atoms with van der Waals surface area (Å²) in [5.74, 6) is 0.113. The molecule has 0 saturated carbocycles. The van der Waals surface area contributed by atoms with Crippen LogP contribution in [0.25, 0.3) is 0 Å². The lowest BCUT2D eigenvalue weighted by atomic mass is 9.78. The molecule has 1 amide bonds. The summed E-state index contributed by atoms with van der Waals surface area (Å²) < 4.78 is 0. The number of rotatable bonds is 4. The largest absolute Gasteiger partial charge is 0.396 e. The van der Waals surface area contributed by atoms with Crippen molar-refractivity contribution in [2.45, 2.75) is 37.8 Å². The van der Waals surface area contributed by atoms with E-state index in [1.54, 1.807) is 0 Å². The molecule has 0 aliphatic carbocycles. The number of carbonyl (C=O) groups excluding carboxylic acids is 1. The Hall–Kier alpha value is -2.95. The van der Waals surface area contributed by atoms with Crippen molar-refractivity contribution in [3.63, 3.8) is 0 Å². The third-order valence-corrected chi connectivity index (χ3v) is 6.85. The van der Waals surface area contributed by atoms with Gasteiger partial charge in [0.25, 0.3) is 5.91 Å². The molecule has 4 heteroatoms. The lowest BCUT2D eigenvalue weighted by molar-refractivity contribution is -0.0182. The maximum absolute atomic E-state index is 13.8. The first-order chi connectivity index (χ1) is 15.2. The van der Waals surface area contributed by atoms with Crippen molar-refractivity contribution in [2.24, 2.45) is 0 Å². The second-order valence-corrected chi connectivity index (χ2v) is 8.53. The van der Waals surface area contributed by atoms with Gasteiger partial charge in [0, 0.05) is 24.6 Å². The van der Waals surface area contributed by atoms with Crippen molar-refractivity contribution in [1.29, 1.82) is 0 Å². The van der Waals surface area contributed by atoms with E-state index in [1.807, 2.05) is 35.3 Å². The van der Waals surface area contributed by atoms with Gasteiger partial charge in [0.1, 0.15) is 0 Å². The summed E-state index contributed by atoms with van der Waals surface area (Å²) in [4.78, 5) is 13.8. The first kappa shape index (κ1) is 20.0. The lowest BCUT2D eigenvalue weighted by Gasteiger charge is -2.38. The van der Waals surface area contributed by atoms with Crippen molar-refractivity contribution < 1.29 is 9.90 Å². The third-order valence-electron chi connectivity index (χ3n) is 6.85. The van der Waals surface area contributed by atoms with Crippen molar-refractivity contribution in [1.82, 2.24) is 10.0 Å². The standard InChI is InChI=1S/C27H28N2O2/c1-19-9-5-7-13-22(19)25-24(16-18-30)29(27(31)21-11-3-2-4-12-21)28-17-15-20-10-6-8-14-23(20)26(25)28/h2-14,24-26,30H,15-18H2,1H3/t24-,25?,26+/m0/s1. The molecular weight excluding hydrogens is 384 g/mol. The molecule has 2 heterocycles. The monoisotopic (exact) mass is 412 g/mol. The molecule has 1 N–H and O–H groups in total. The van der Waals surface area contributed by atoms with Gasteiger partial charge in [0.2, 0.25) is 0 Å². The molecule has 0 bridgehead atoms. The number of benzene rings is 3. The third kappa shape index (κ3) is 3.36. The number of fused-ring (bicyclic) bond motifs is 3. The van der Waals surface area contributed by atoms with Gasteiger partial charge in [-0.25, -0.2) is 5.01 Å². The zero-order valence-corrected chi connectivity index (χ0v) is 17.8. The maximum atomic E-state index is 13.8. The average Bonchev–Trinajstić information content (AvgIpc) is 3.14. The minimum atomic E-state index is -0.102. The molecule has 3 aromatic carbocycles. The average molecular weight is 413 g/mol. The molecule has 0 radical (unpaired) electrons. The first-order valence-corrected chi connectivity index (χ1v) is 11.1. The van der Waals surface area contributed by atoms with Gasteiger partial charge in [-0.3, -0.25) is 9.80 Å². The van der Waals surface area contributed by atoms with Crippen LogP contribution in [0.15, 0.2) is 78.9 Å². The van der Waals surface area contributed by atoms with Gasteiger partial charge in [-0.2, -0.15) is 0 Å². The minimum Gasteiger partial charge on any atom is -0.396 e. The van der Waals surface area contributed by atoms with Gasteiger partial charge in [-0.05, 0) is 54.2 Å². The van der Waals surface area contributed by atoms with Gasteiger partial charge in [-0.1, -0.05) is 66.7 Å². The predicted octanol–water partition coefficient (Wildman–Crippen LogP) is 4.50. The molecule has 2 aliphatic rings. The molecule has 158 valence electrons. The Kier molecular flexibility index (Phi) is 5.34. The number of hydrogen-bond acceptors (Lipinski definition) is 3. The van der Waals surface area contributed by atoms with E-state index < -0.39 is 0 Å². The Balaban J connectivity index is 1.68. The van der Waals surface area contributed by atoms with Gasteiger partial charge in [0.05, 0.1) is 12.1 Å². The predicted molar refractivity (Wildman–Crippen MR) is 122 cm³/mol. The van der Waals surface area contributed by atoms with Crippen molar-refractivity contribution in [3.05, 3.63) is 107 Å². The fourth-order valence-corrected chi connectivity index (χ4v) is 5.51. The zero-order chi connectivity index (χ0) is 21.4. The van der Waals surface area contributed by atoms with Crippen LogP contribution >= 0.6 is 0 Å². The summed E-state index contributed by atoms with van der Waals surface area (Å²) >= 11 is 0. The number of amides is 1. The molecule has 31 heavy (non-hydrogen) atoms. The molecule has 3 atom stereocenters. The highest BCUT2D eigenvalue weighted by molar-refractivity contribution is 5.94. The highest BCUT2D eigenvalue weighted by atomic mass is 16.3. The topological polar surface area (TPSA) is 43.8 Å². The van der Waals surface area contributed by atoms with E-state index in [4.69, 9.17) is 0 Å². The van der Waals surface area contributed by atoms with E-state index in [0.717, 1.165) is 13.0 Å². The molecule has 0 aromatic heterocycles. The number of hydrazine groups is 1. The van der Waals surface area contributed by atoms with E-state index in [1.165, 1.54) is 22.3 Å². The molecular formula is C27H28N2O2. The summed E-state index contributed by atoms with van der Waals surface area (Å²) in [7, 11) is 0. The molecule has 1 unspecified atom stereocenters. The van der Waals surface area contributed by atoms with E-state index >= 15 is 0 Å². The molecule has 0 spiro atoms. The van der Waals surface area contributed by atoms with Crippen LogP contribution in [0, 0.1) is 6.92 Å². The minimum absolute atomic E-state index is 0.0134. The Morgan fingerprint density at radius 3 is 2.35 bits per heavy atom. The SMILES string of the molecule is Cc1ccccc1C1[C@H]2c3ccccc3CCN2N(C(=O)c2ccccc2)[C@H]1CCO. The normalized spacial score (nSPS) is 22.8. The van der Waals surface area contributed by atoms with Crippen molar-refractivity contribution in [3.8, 4) is 0 Å². The van der Waals surface area contributed by atoms with Crippen molar-refractivity contribution >= 4 is 5.91 Å². The van der Waals surface area contributed by atoms with E-state index in [2.05, 4.69) is 60.5 Å². The molecule has 2 aliphatic heterocycles. The van der Waals surface area contributed by atoms with Crippen LogP contribution in [0.5, 0.6) is 0 Å². The molecule has 3 aromatic rings. The second kappa shape index (κ2) is 8.29. The number of nitrogens with zero attached hydrogens (tertiary/aromatic N) is 2. The summed E-state index contributed by atoms with van der Waals surface area (Å²) in [6.45, 7) is 2.99. The quantitative estimate of drug-likeness (QED) is 0.686. The van der Waals surface area contributed by atoms with E-state index in [9.17, 15) is 9.90 Å².